The monoisotopic (exact) mass is 325 g/mol. The lowest BCUT2D eigenvalue weighted by Gasteiger charge is -2.12. The van der Waals surface area contributed by atoms with Gasteiger partial charge < -0.3 is 0 Å². The molecule has 0 saturated carbocycles. The zero-order valence-electron chi connectivity index (χ0n) is 10.5. The number of rotatable bonds is 3. The predicted octanol–water partition coefficient (Wildman–Crippen LogP) is 3.64. The van der Waals surface area contributed by atoms with Gasteiger partial charge in [0.1, 0.15) is 0 Å². The highest BCUT2D eigenvalue weighted by Crippen LogP contribution is 2.33. The zero-order chi connectivity index (χ0) is 14.2. The highest BCUT2D eigenvalue weighted by Gasteiger charge is 2.22. The maximum absolute atomic E-state index is 11.4. The molecule has 0 saturated heterocycles. The molecular formula is C14H12ClNO2S2. The fraction of sp³-hybridized carbons (Fsp3) is 0.143. The first-order chi connectivity index (χ1) is 9.52. The van der Waals surface area contributed by atoms with Crippen LogP contribution in [0.1, 0.15) is 11.1 Å². The van der Waals surface area contributed by atoms with Crippen molar-refractivity contribution in [3.8, 4) is 0 Å². The average molecular weight is 326 g/mol. The molecular weight excluding hydrogens is 314 g/mol. The fourth-order valence-corrected chi connectivity index (χ4v) is 3.97. The van der Waals surface area contributed by atoms with Crippen LogP contribution in [0.3, 0.4) is 0 Å². The molecule has 1 aliphatic rings. The van der Waals surface area contributed by atoms with E-state index in [0.29, 0.717) is 0 Å². The molecule has 0 N–H and O–H groups in total. The zero-order valence-corrected chi connectivity index (χ0v) is 12.9. The van der Waals surface area contributed by atoms with Gasteiger partial charge in [-0.05, 0) is 47.3 Å². The summed E-state index contributed by atoms with van der Waals surface area (Å²) in [5, 5.41) is 0. The summed E-state index contributed by atoms with van der Waals surface area (Å²) >= 11 is 1.67. The summed E-state index contributed by atoms with van der Waals surface area (Å²) in [6.45, 7) is 1.52. The van der Waals surface area contributed by atoms with Gasteiger partial charge in [0.2, 0.25) is 0 Å². The third kappa shape index (κ3) is 3.01. The van der Waals surface area contributed by atoms with Crippen molar-refractivity contribution >= 4 is 31.7 Å². The van der Waals surface area contributed by atoms with Gasteiger partial charge in [-0.25, -0.2) is 12.7 Å². The van der Waals surface area contributed by atoms with Gasteiger partial charge in [-0.3, -0.25) is 0 Å². The highest BCUT2D eigenvalue weighted by atomic mass is 35.7. The van der Waals surface area contributed by atoms with E-state index in [-0.39, 0.29) is 4.90 Å². The van der Waals surface area contributed by atoms with E-state index in [1.807, 2.05) is 24.3 Å². The van der Waals surface area contributed by atoms with E-state index >= 15 is 0 Å². The van der Waals surface area contributed by atoms with Gasteiger partial charge in [-0.1, -0.05) is 24.3 Å². The maximum atomic E-state index is 11.4. The standard InChI is InChI=1S/C14H12ClNO2S2/c15-20(17,18)14-7-6-11-9-16(10-12(11)8-14)19-13-4-2-1-3-5-13/h1-8H,9-10H2. The van der Waals surface area contributed by atoms with Crippen molar-refractivity contribution < 1.29 is 8.42 Å². The van der Waals surface area contributed by atoms with Crippen LogP contribution < -0.4 is 0 Å². The summed E-state index contributed by atoms with van der Waals surface area (Å²) in [7, 11) is 1.73. The van der Waals surface area contributed by atoms with Gasteiger partial charge in [-0.15, -0.1) is 0 Å². The number of fused-ring (bicyclic) bond motifs is 1. The lowest BCUT2D eigenvalue weighted by molar-refractivity contribution is 0.508. The second kappa shape index (κ2) is 5.41. The van der Waals surface area contributed by atoms with Gasteiger partial charge in [0.15, 0.2) is 0 Å². The van der Waals surface area contributed by atoms with Gasteiger partial charge in [-0.2, -0.15) is 0 Å². The lowest BCUT2D eigenvalue weighted by atomic mass is 10.1. The summed E-state index contributed by atoms with van der Waals surface area (Å²) < 4.78 is 24.9. The Bertz CT molecular complexity index is 732. The van der Waals surface area contributed by atoms with Crippen molar-refractivity contribution in [1.29, 1.82) is 0 Å². The molecule has 20 heavy (non-hydrogen) atoms. The third-order valence-electron chi connectivity index (χ3n) is 3.13. The molecule has 0 bridgehead atoms. The van der Waals surface area contributed by atoms with Crippen LogP contribution in [0.25, 0.3) is 0 Å². The Hall–Kier alpha value is -1.01. The minimum absolute atomic E-state index is 0.171. The van der Waals surface area contributed by atoms with Crippen molar-refractivity contribution in [3.05, 3.63) is 59.7 Å². The van der Waals surface area contributed by atoms with Crippen LogP contribution in [0.4, 0.5) is 0 Å². The van der Waals surface area contributed by atoms with Crippen molar-refractivity contribution in [2.75, 3.05) is 0 Å². The molecule has 0 aromatic heterocycles. The second-order valence-corrected chi connectivity index (χ2v) is 8.31. The first-order valence-corrected chi connectivity index (χ1v) is 9.15. The first kappa shape index (κ1) is 13.9. The Kier molecular flexibility index (Phi) is 3.77. The van der Waals surface area contributed by atoms with E-state index in [1.54, 1.807) is 24.1 Å². The Morgan fingerprint density at radius 2 is 1.70 bits per heavy atom. The third-order valence-corrected chi connectivity index (χ3v) is 5.48. The highest BCUT2D eigenvalue weighted by molar-refractivity contribution is 8.13. The smallest absolute Gasteiger partial charge is 0.238 e. The summed E-state index contributed by atoms with van der Waals surface area (Å²) in [6, 6.07) is 15.2. The Morgan fingerprint density at radius 3 is 2.40 bits per heavy atom. The van der Waals surface area contributed by atoms with E-state index in [4.69, 9.17) is 10.7 Å². The van der Waals surface area contributed by atoms with E-state index < -0.39 is 9.05 Å². The molecule has 104 valence electrons. The average Bonchev–Trinajstić information content (AvgIpc) is 2.80. The van der Waals surface area contributed by atoms with Gasteiger partial charge >= 0.3 is 0 Å². The molecule has 2 aromatic carbocycles. The first-order valence-electron chi connectivity index (χ1n) is 6.07. The van der Waals surface area contributed by atoms with Crippen LogP contribution in [0.5, 0.6) is 0 Å². The molecule has 0 aliphatic carbocycles. The molecule has 3 rings (SSSR count). The van der Waals surface area contributed by atoms with Crippen molar-refractivity contribution in [1.82, 2.24) is 4.31 Å². The normalized spacial score (nSPS) is 15.2. The molecule has 1 aliphatic heterocycles. The molecule has 1 heterocycles. The minimum atomic E-state index is -3.65. The molecule has 0 radical (unpaired) electrons. The molecule has 0 atom stereocenters. The largest absolute Gasteiger partial charge is 0.261 e. The Labute approximate surface area is 127 Å². The number of hydrogen-bond acceptors (Lipinski definition) is 4. The van der Waals surface area contributed by atoms with Crippen LogP contribution in [-0.4, -0.2) is 12.7 Å². The molecule has 0 amide bonds. The molecule has 0 fully saturated rings. The van der Waals surface area contributed by atoms with Crippen LogP contribution in [0, 0.1) is 0 Å². The van der Waals surface area contributed by atoms with Crippen LogP contribution in [0.15, 0.2) is 58.3 Å². The molecule has 2 aromatic rings. The van der Waals surface area contributed by atoms with Crippen LogP contribution in [-0.2, 0) is 22.1 Å². The van der Waals surface area contributed by atoms with Crippen molar-refractivity contribution in [2.45, 2.75) is 22.9 Å². The Morgan fingerprint density at radius 1 is 1.00 bits per heavy atom. The SMILES string of the molecule is O=S(=O)(Cl)c1ccc2c(c1)CN(Sc1ccccc1)C2. The molecule has 0 unspecified atom stereocenters. The number of nitrogens with zero attached hydrogens (tertiary/aromatic N) is 1. The summed E-state index contributed by atoms with van der Waals surface area (Å²) in [6.07, 6.45) is 0. The fourth-order valence-electron chi connectivity index (χ4n) is 2.19. The lowest BCUT2D eigenvalue weighted by Crippen LogP contribution is -2.05. The summed E-state index contributed by atoms with van der Waals surface area (Å²) in [5.41, 5.74) is 2.17. The maximum Gasteiger partial charge on any atom is 0.261 e. The number of benzene rings is 2. The van der Waals surface area contributed by atoms with E-state index in [2.05, 4.69) is 16.4 Å². The topological polar surface area (TPSA) is 37.4 Å². The quantitative estimate of drug-likeness (QED) is 0.638. The van der Waals surface area contributed by atoms with Crippen LogP contribution in [0.2, 0.25) is 0 Å². The number of halogens is 1. The molecule has 0 spiro atoms. The minimum Gasteiger partial charge on any atom is -0.238 e. The molecule has 3 nitrogen and oxygen atoms in total. The summed E-state index contributed by atoms with van der Waals surface area (Å²) in [4.78, 5) is 1.34. The summed E-state index contributed by atoms with van der Waals surface area (Å²) in [5.74, 6) is 0. The van der Waals surface area contributed by atoms with Crippen molar-refractivity contribution in [2.24, 2.45) is 0 Å². The number of hydrogen-bond donors (Lipinski definition) is 0. The van der Waals surface area contributed by atoms with E-state index in [1.165, 1.54) is 4.90 Å². The van der Waals surface area contributed by atoms with Gasteiger partial charge in [0, 0.05) is 28.7 Å². The molecule has 6 heteroatoms. The predicted molar refractivity (Wildman–Crippen MR) is 81.0 cm³/mol. The second-order valence-electron chi connectivity index (χ2n) is 4.57. The van der Waals surface area contributed by atoms with E-state index in [0.717, 1.165) is 24.2 Å². The van der Waals surface area contributed by atoms with Crippen molar-refractivity contribution in [3.63, 3.8) is 0 Å². The van der Waals surface area contributed by atoms with Gasteiger partial charge in [0.05, 0.1) is 4.90 Å². The Balaban J connectivity index is 1.79. The van der Waals surface area contributed by atoms with E-state index in [9.17, 15) is 8.42 Å². The van der Waals surface area contributed by atoms with Gasteiger partial charge in [0.25, 0.3) is 9.05 Å². The van der Waals surface area contributed by atoms with Crippen LogP contribution >= 0.6 is 22.6 Å².